The number of hydrogen-bond acceptors (Lipinski definition) is 3. The van der Waals surface area contributed by atoms with Gasteiger partial charge in [-0.05, 0) is 28.8 Å². The van der Waals surface area contributed by atoms with E-state index in [0.717, 1.165) is 11.1 Å². The molecule has 0 bridgehead atoms. The van der Waals surface area contributed by atoms with Crippen molar-refractivity contribution in [3.05, 3.63) is 65.0 Å². The summed E-state index contributed by atoms with van der Waals surface area (Å²) in [5, 5.41) is 0. The minimum Gasteiger partial charge on any atom is -0.326 e. The molecule has 1 aliphatic rings. The number of nitrogens with two attached hydrogens (primary N) is 1. The molecule has 1 aliphatic heterocycles. The monoisotopic (exact) mass is 306 g/mol. The smallest absolute Gasteiger partial charge is 0.246 e. The Bertz CT molecular complexity index is 765. The van der Waals surface area contributed by atoms with E-state index in [2.05, 4.69) is 0 Å². The number of hydrogen-bond donors (Lipinski definition) is 1. The van der Waals surface area contributed by atoms with Gasteiger partial charge in [-0.25, -0.2) is 12.8 Å². The molecule has 0 saturated heterocycles. The maximum absolute atomic E-state index is 14.1. The second-order valence-electron chi connectivity index (χ2n) is 5.01. The first-order valence-electron chi connectivity index (χ1n) is 6.58. The van der Waals surface area contributed by atoms with Crippen molar-refractivity contribution in [2.45, 2.75) is 24.5 Å². The minimum atomic E-state index is -3.84. The second kappa shape index (κ2) is 5.22. The van der Waals surface area contributed by atoms with Crippen molar-refractivity contribution in [2.75, 3.05) is 0 Å². The van der Waals surface area contributed by atoms with Gasteiger partial charge < -0.3 is 5.73 Å². The standard InChI is InChI=1S/C15H15FN2O2S/c16-14-7-11(8-17)5-6-15(14)21(19,20)18-9-12-3-1-2-4-13(12)10-18/h1-7H,8-10,17H2. The molecule has 0 aliphatic carbocycles. The van der Waals surface area contributed by atoms with Crippen LogP contribution < -0.4 is 5.73 Å². The van der Waals surface area contributed by atoms with Crippen LogP contribution in [0.4, 0.5) is 4.39 Å². The largest absolute Gasteiger partial charge is 0.326 e. The first kappa shape index (κ1) is 14.2. The molecule has 0 atom stereocenters. The summed E-state index contributed by atoms with van der Waals surface area (Å²) in [5.41, 5.74) is 7.91. The number of benzene rings is 2. The van der Waals surface area contributed by atoms with Crippen LogP contribution in [-0.4, -0.2) is 12.7 Å². The molecule has 0 fully saturated rings. The van der Waals surface area contributed by atoms with E-state index in [4.69, 9.17) is 5.73 Å². The van der Waals surface area contributed by atoms with Crippen LogP contribution in [0.25, 0.3) is 0 Å². The first-order chi connectivity index (χ1) is 10.0. The molecule has 2 N–H and O–H groups in total. The van der Waals surface area contributed by atoms with E-state index in [-0.39, 0.29) is 24.5 Å². The third-order valence-electron chi connectivity index (χ3n) is 3.66. The second-order valence-corrected chi connectivity index (χ2v) is 6.92. The van der Waals surface area contributed by atoms with E-state index in [9.17, 15) is 12.8 Å². The van der Waals surface area contributed by atoms with Crippen LogP contribution in [-0.2, 0) is 29.7 Å². The lowest BCUT2D eigenvalue weighted by atomic mass is 10.1. The van der Waals surface area contributed by atoms with Gasteiger partial charge in [-0.1, -0.05) is 30.3 Å². The average molecular weight is 306 g/mol. The Morgan fingerprint density at radius 2 is 1.71 bits per heavy atom. The summed E-state index contributed by atoms with van der Waals surface area (Å²) in [4.78, 5) is -0.299. The Balaban J connectivity index is 1.96. The molecule has 0 aromatic heterocycles. The molecular formula is C15H15FN2O2S. The van der Waals surface area contributed by atoms with Crippen molar-refractivity contribution in [3.63, 3.8) is 0 Å². The molecule has 6 heteroatoms. The van der Waals surface area contributed by atoms with E-state index in [1.807, 2.05) is 24.3 Å². The van der Waals surface area contributed by atoms with Gasteiger partial charge in [0.05, 0.1) is 0 Å². The van der Waals surface area contributed by atoms with Crippen LogP contribution in [0, 0.1) is 5.82 Å². The fourth-order valence-electron chi connectivity index (χ4n) is 2.49. The highest BCUT2D eigenvalue weighted by molar-refractivity contribution is 7.89. The molecule has 4 nitrogen and oxygen atoms in total. The highest BCUT2D eigenvalue weighted by Crippen LogP contribution is 2.29. The molecular weight excluding hydrogens is 291 g/mol. The van der Waals surface area contributed by atoms with Crippen LogP contribution >= 0.6 is 0 Å². The minimum absolute atomic E-state index is 0.173. The van der Waals surface area contributed by atoms with Crippen molar-refractivity contribution in [1.29, 1.82) is 0 Å². The summed E-state index contributed by atoms with van der Waals surface area (Å²) in [6.45, 7) is 0.722. The van der Waals surface area contributed by atoms with Gasteiger partial charge in [-0.2, -0.15) is 4.31 Å². The molecule has 0 amide bonds. The molecule has 2 aromatic rings. The van der Waals surface area contributed by atoms with Crippen LogP contribution in [0.15, 0.2) is 47.4 Å². The molecule has 1 heterocycles. The van der Waals surface area contributed by atoms with Crippen LogP contribution in [0.2, 0.25) is 0 Å². The molecule has 110 valence electrons. The zero-order valence-electron chi connectivity index (χ0n) is 11.3. The summed E-state index contributed by atoms with van der Waals surface area (Å²) < 4.78 is 40.5. The summed E-state index contributed by atoms with van der Waals surface area (Å²) in [6.07, 6.45) is 0. The number of halogens is 1. The van der Waals surface area contributed by atoms with Crippen molar-refractivity contribution >= 4 is 10.0 Å². The summed E-state index contributed by atoms with van der Waals surface area (Å²) in [5.74, 6) is -0.756. The summed E-state index contributed by atoms with van der Waals surface area (Å²) in [6, 6.07) is 11.5. The third kappa shape index (κ3) is 2.46. The van der Waals surface area contributed by atoms with Crippen LogP contribution in [0.5, 0.6) is 0 Å². The predicted octanol–water partition coefficient (Wildman–Crippen LogP) is 1.99. The molecule has 0 radical (unpaired) electrons. The lowest BCUT2D eigenvalue weighted by Crippen LogP contribution is -2.26. The van der Waals surface area contributed by atoms with Gasteiger partial charge in [-0.15, -0.1) is 0 Å². The lowest BCUT2D eigenvalue weighted by Gasteiger charge is -2.16. The van der Waals surface area contributed by atoms with Crippen molar-refractivity contribution in [2.24, 2.45) is 5.73 Å². The quantitative estimate of drug-likeness (QED) is 0.943. The van der Waals surface area contributed by atoms with E-state index < -0.39 is 15.8 Å². The SMILES string of the molecule is NCc1ccc(S(=O)(=O)N2Cc3ccccc3C2)c(F)c1. The summed E-state index contributed by atoms with van der Waals surface area (Å²) in [7, 11) is -3.84. The molecule has 0 unspecified atom stereocenters. The first-order valence-corrected chi connectivity index (χ1v) is 8.02. The molecule has 2 aromatic carbocycles. The van der Waals surface area contributed by atoms with E-state index in [1.165, 1.54) is 16.4 Å². The van der Waals surface area contributed by atoms with Crippen LogP contribution in [0.1, 0.15) is 16.7 Å². The van der Waals surface area contributed by atoms with Crippen molar-refractivity contribution in [1.82, 2.24) is 4.31 Å². The fraction of sp³-hybridized carbons (Fsp3) is 0.200. The molecule has 3 rings (SSSR count). The molecule has 21 heavy (non-hydrogen) atoms. The van der Waals surface area contributed by atoms with Gasteiger partial charge in [0.25, 0.3) is 0 Å². The third-order valence-corrected chi connectivity index (χ3v) is 5.49. The predicted molar refractivity (Wildman–Crippen MR) is 77.2 cm³/mol. The Hall–Kier alpha value is -1.76. The highest BCUT2D eigenvalue weighted by atomic mass is 32.2. The fourth-order valence-corrected chi connectivity index (χ4v) is 3.93. The molecule has 0 spiro atoms. The van der Waals surface area contributed by atoms with Gasteiger partial charge in [0.1, 0.15) is 10.7 Å². The Kier molecular flexibility index (Phi) is 3.52. The van der Waals surface area contributed by atoms with Crippen molar-refractivity contribution in [3.8, 4) is 0 Å². The zero-order valence-corrected chi connectivity index (χ0v) is 12.1. The van der Waals surface area contributed by atoms with Gasteiger partial charge in [0, 0.05) is 19.6 Å². The average Bonchev–Trinajstić information content (AvgIpc) is 2.91. The lowest BCUT2D eigenvalue weighted by molar-refractivity contribution is 0.427. The van der Waals surface area contributed by atoms with E-state index in [0.29, 0.717) is 5.56 Å². The van der Waals surface area contributed by atoms with Crippen LogP contribution in [0.3, 0.4) is 0 Å². The zero-order chi connectivity index (χ0) is 15.0. The number of nitrogens with zero attached hydrogens (tertiary/aromatic N) is 1. The molecule has 0 saturated carbocycles. The Morgan fingerprint density at radius 1 is 1.10 bits per heavy atom. The number of sulfonamides is 1. The van der Waals surface area contributed by atoms with Crippen molar-refractivity contribution < 1.29 is 12.8 Å². The maximum atomic E-state index is 14.1. The normalized spacial score (nSPS) is 15.1. The Labute approximate surface area is 123 Å². The summed E-state index contributed by atoms with van der Waals surface area (Å²) >= 11 is 0. The maximum Gasteiger partial charge on any atom is 0.246 e. The van der Waals surface area contributed by atoms with Gasteiger partial charge in [-0.3, -0.25) is 0 Å². The Morgan fingerprint density at radius 3 is 2.24 bits per heavy atom. The van der Waals surface area contributed by atoms with Gasteiger partial charge in [0.2, 0.25) is 10.0 Å². The highest BCUT2D eigenvalue weighted by Gasteiger charge is 2.32. The van der Waals surface area contributed by atoms with Gasteiger partial charge >= 0.3 is 0 Å². The van der Waals surface area contributed by atoms with E-state index in [1.54, 1.807) is 6.07 Å². The van der Waals surface area contributed by atoms with E-state index >= 15 is 0 Å². The van der Waals surface area contributed by atoms with Gasteiger partial charge in [0.15, 0.2) is 0 Å². The number of rotatable bonds is 3. The topological polar surface area (TPSA) is 63.4 Å². The number of fused-ring (bicyclic) bond motifs is 1.